The maximum absolute atomic E-state index is 6.26. The molecule has 4 heteroatoms. The van der Waals surface area contributed by atoms with Crippen molar-refractivity contribution in [1.82, 2.24) is 0 Å². The van der Waals surface area contributed by atoms with Crippen LogP contribution in [0, 0.1) is 0 Å². The van der Waals surface area contributed by atoms with Gasteiger partial charge in [0.15, 0.2) is 11.5 Å². The highest BCUT2D eigenvalue weighted by Gasteiger charge is 2.20. The lowest BCUT2D eigenvalue weighted by molar-refractivity contribution is 0.171. The largest absolute Gasteiger partial charge is 0.493 e. The zero-order valence-corrected chi connectivity index (χ0v) is 12.0. The van der Waals surface area contributed by atoms with E-state index in [1.54, 1.807) is 7.11 Å². The molecule has 1 heterocycles. The first-order chi connectivity index (χ1) is 10.3. The molecule has 0 bridgehead atoms. The third-order valence-corrected chi connectivity index (χ3v) is 3.56. The molecule has 2 aromatic carbocycles. The van der Waals surface area contributed by atoms with Crippen LogP contribution < -0.4 is 19.9 Å². The van der Waals surface area contributed by atoms with Crippen LogP contribution in [0.3, 0.4) is 0 Å². The first-order valence-electron chi connectivity index (χ1n) is 7.02. The molecule has 0 aromatic heterocycles. The number of rotatable bonds is 5. The molecule has 21 heavy (non-hydrogen) atoms. The average Bonchev–Trinajstić information content (AvgIpc) is 2.95. The Labute approximate surface area is 124 Å². The summed E-state index contributed by atoms with van der Waals surface area (Å²) in [6.45, 7) is 0.241. The molecule has 0 amide bonds. The highest BCUT2D eigenvalue weighted by Crippen LogP contribution is 2.42. The molecule has 0 saturated heterocycles. The van der Waals surface area contributed by atoms with E-state index in [-0.39, 0.29) is 12.8 Å². The smallest absolute Gasteiger partial charge is 0.231 e. The predicted octanol–water partition coefficient (Wildman–Crippen LogP) is 2.54. The highest BCUT2D eigenvalue weighted by atomic mass is 16.7. The molecule has 1 aliphatic heterocycles. The fraction of sp³-hybridized carbons (Fsp3) is 0.294. The van der Waals surface area contributed by atoms with Crippen molar-refractivity contribution in [3.8, 4) is 17.2 Å². The van der Waals surface area contributed by atoms with E-state index < -0.39 is 0 Å². The summed E-state index contributed by atoms with van der Waals surface area (Å²) in [7, 11) is 1.63. The summed E-state index contributed by atoms with van der Waals surface area (Å²) in [6.07, 6.45) is 1.61. The van der Waals surface area contributed by atoms with Crippen LogP contribution in [0.25, 0.3) is 0 Å². The van der Waals surface area contributed by atoms with Crippen LogP contribution >= 0.6 is 0 Å². The molecule has 110 valence electrons. The van der Waals surface area contributed by atoms with Gasteiger partial charge in [-0.1, -0.05) is 30.3 Å². The summed E-state index contributed by atoms with van der Waals surface area (Å²) in [5, 5.41) is 0. The zero-order chi connectivity index (χ0) is 14.7. The van der Waals surface area contributed by atoms with Gasteiger partial charge in [-0.3, -0.25) is 0 Å². The summed E-state index contributed by atoms with van der Waals surface area (Å²) >= 11 is 0. The van der Waals surface area contributed by atoms with Crippen molar-refractivity contribution in [2.45, 2.75) is 18.9 Å². The van der Waals surface area contributed by atoms with E-state index in [1.807, 2.05) is 30.3 Å². The minimum Gasteiger partial charge on any atom is -0.493 e. The highest BCUT2D eigenvalue weighted by molar-refractivity contribution is 5.55. The van der Waals surface area contributed by atoms with Crippen LogP contribution in [0.15, 0.2) is 42.5 Å². The second-order valence-electron chi connectivity index (χ2n) is 5.19. The van der Waals surface area contributed by atoms with Crippen LogP contribution in [-0.2, 0) is 12.8 Å². The number of fused-ring (bicyclic) bond motifs is 1. The summed E-state index contributed by atoms with van der Waals surface area (Å²) in [4.78, 5) is 0. The quantitative estimate of drug-likeness (QED) is 0.917. The van der Waals surface area contributed by atoms with E-state index in [0.29, 0.717) is 11.5 Å². The van der Waals surface area contributed by atoms with E-state index in [2.05, 4.69) is 12.1 Å². The number of nitrogens with two attached hydrogens (primary N) is 1. The Morgan fingerprint density at radius 3 is 2.62 bits per heavy atom. The summed E-state index contributed by atoms with van der Waals surface area (Å²) < 4.78 is 16.2. The van der Waals surface area contributed by atoms with Crippen LogP contribution in [0.5, 0.6) is 17.2 Å². The van der Waals surface area contributed by atoms with Gasteiger partial charge in [-0.2, -0.15) is 0 Å². The molecule has 1 unspecified atom stereocenters. The van der Waals surface area contributed by atoms with Gasteiger partial charge in [0.2, 0.25) is 12.5 Å². The fourth-order valence-electron chi connectivity index (χ4n) is 2.59. The third kappa shape index (κ3) is 3.11. The van der Waals surface area contributed by atoms with Gasteiger partial charge >= 0.3 is 0 Å². The molecule has 0 aliphatic carbocycles. The standard InChI is InChI=1S/C17H19NO3/c1-19-15-9-13(10-16-17(15)21-11-20-16)8-14(18)7-12-5-3-2-4-6-12/h2-6,9-10,14H,7-8,11,18H2,1H3. The van der Waals surface area contributed by atoms with Crippen molar-refractivity contribution in [3.63, 3.8) is 0 Å². The third-order valence-electron chi connectivity index (χ3n) is 3.56. The zero-order valence-electron chi connectivity index (χ0n) is 12.0. The average molecular weight is 285 g/mol. The summed E-state index contributed by atoms with van der Waals surface area (Å²) in [5.74, 6) is 2.11. The topological polar surface area (TPSA) is 53.7 Å². The second-order valence-corrected chi connectivity index (χ2v) is 5.19. The van der Waals surface area contributed by atoms with E-state index in [9.17, 15) is 0 Å². The molecule has 1 aliphatic rings. The van der Waals surface area contributed by atoms with Crippen LogP contribution in [0.2, 0.25) is 0 Å². The van der Waals surface area contributed by atoms with E-state index in [0.717, 1.165) is 24.2 Å². The maximum Gasteiger partial charge on any atom is 0.231 e. The van der Waals surface area contributed by atoms with Gasteiger partial charge in [-0.05, 0) is 36.1 Å². The molecule has 3 rings (SSSR count). The van der Waals surface area contributed by atoms with Crippen molar-refractivity contribution < 1.29 is 14.2 Å². The molecule has 2 N–H and O–H groups in total. The molecule has 0 radical (unpaired) electrons. The van der Waals surface area contributed by atoms with Gasteiger partial charge < -0.3 is 19.9 Å². The fourth-order valence-corrected chi connectivity index (χ4v) is 2.59. The maximum atomic E-state index is 6.26. The monoisotopic (exact) mass is 285 g/mol. The van der Waals surface area contributed by atoms with Gasteiger partial charge in [0.05, 0.1) is 7.11 Å². The van der Waals surface area contributed by atoms with Gasteiger partial charge in [-0.25, -0.2) is 0 Å². The Kier molecular flexibility index (Phi) is 3.97. The van der Waals surface area contributed by atoms with Gasteiger partial charge in [0, 0.05) is 6.04 Å². The molecule has 0 fully saturated rings. The second kappa shape index (κ2) is 6.06. The number of benzene rings is 2. The van der Waals surface area contributed by atoms with Crippen molar-refractivity contribution in [2.75, 3.05) is 13.9 Å². The van der Waals surface area contributed by atoms with E-state index in [1.165, 1.54) is 5.56 Å². The first kappa shape index (κ1) is 13.8. The lowest BCUT2D eigenvalue weighted by atomic mass is 9.99. The Balaban J connectivity index is 1.73. The molecule has 0 spiro atoms. The number of hydrogen-bond donors (Lipinski definition) is 1. The summed E-state index contributed by atoms with van der Waals surface area (Å²) in [5.41, 5.74) is 8.61. The molecular formula is C17H19NO3. The molecule has 0 saturated carbocycles. The van der Waals surface area contributed by atoms with Gasteiger partial charge in [-0.15, -0.1) is 0 Å². The molecule has 2 aromatic rings. The predicted molar refractivity (Wildman–Crippen MR) is 80.9 cm³/mol. The van der Waals surface area contributed by atoms with Crippen LogP contribution in [0.4, 0.5) is 0 Å². The first-order valence-corrected chi connectivity index (χ1v) is 7.02. The SMILES string of the molecule is COc1cc(CC(N)Cc2ccccc2)cc2c1OCO2. The summed E-state index contributed by atoms with van der Waals surface area (Å²) in [6, 6.07) is 14.3. The van der Waals surface area contributed by atoms with Crippen molar-refractivity contribution in [3.05, 3.63) is 53.6 Å². The van der Waals surface area contributed by atoms with Crippen molar-refractivity contribution in [2.24, 2.45) is 5.73 Å². The number of ether oxygens (including phenoxy) is 3. The lowest BCUT2D eigenvalue weighted by Gasteiger charge is -2.13. The Morgan fingerprint density at radius 2 is 1.86 bits per heavy atom. The lowest BCUT2D eigenvalue weighted by Crippen LogP contribution is -2.25. The molecular weight excluding hydrogens is 266 g/mol. The Morgan fingerprint density at radius 1 is 1.10 bits per heavy atom. The van der Waals surface area contributed by atoms with Crippen LogP contribution in [-0.4, -0.2) is 19.9 Å². The number of methoxy groups -OCH3 is 1. The minimum atomic E-state index is 0.0532. The van der Waals surface area contributed by atoms with Gasteiger partial charge in [0.25, 0.3) is 0 Å². The minimum absolute atomic E-state index is 0.0532. The Bertz CT molecular complexity index is 613. The number of hydrogen-bond acceptors (Lipinski definition) is 4. The van der Waals surface area contributed by atoms with E-state index >= 15 is 0 Å². The van der Waals surface area contributed by atoms with Crippen molar-refractivity contribution >= 4 is 0 Å². The van der Waals surface area contributed by atoms with Crippen LogP contribution in [0.1, 0.15) is 11.1 Å². The molecule has 1 atom stereocenters. The van der Waals surface area contributed by atoms with E-state index in [4.69, 9.17) is 19.9 Å². The normalized spacial score (nSPS) is 14.0. The van der Waals surface area contributed by atoms with Crippen molar-refractivity contribution in [1.29, 1.82) is 0 Å². The molecule has 4 nitrogen and oxygen atoms in total. The van der Waals surface area contributed by atoms with Gasteiger partial charge in [0.1, 0.15) is 0 Å². The Hall–Kier alpha value is -2.20.